The predicted molar refractivity (Wildman–Crippen MR) is 111 cm³/mol. The summed E-state index contributed by atoms with van der Waals surface area (Å²) in [4.78, 5) is 38.9. The summed E-state index contributed by atoms with van der Waals surface area (Å²) in [6.07, 6.45) is 2.92. The van der Waals surface area contributed by atoms with E-state index in [1.807, 2.05) is 30.3 Å². The van der Waals surface area contributed by atoms with E-state index in [4.69, 9.17) is 4.74 Å². The highest BCUT2D eigenvalue weighted by atomic mass is 32.2. The van der Waals surface area contributed by atoms with Crippen LogP contribution in [0.3, 0.4) is 0 Å². The Morgan fingerprint density at radius 1 is 1.14 bits per heavy atom. The first-order valence-electron chi connectivity index (χ1n) is 9.18. The van der Waals surface area contributed by atoms with E-state index >= 15 is 0 Å². The Morgan fingerprint density at radius 3 is 2.64 bits per heavy atom. The van der Waals surface area contributed by atoms with E-state index in [1.165, 1.54) is 23.1 Å². The van der Waals surface area contributed by atoms with E-state index in [1.54, 1.807) is 6.92 Å². The van der Waals surface area contributed by atoms with E-state index in [2.05, 4.69) is 10.6 Å². The lowest BCUT2D eigenvalue weighted by Crippen LogP contribution is -2.32. The minimum absolute atomic E-state index is 0.182. The SMILES string of the molecule is CCOC(=O)NC(=O)c1c(NC(=O)CSc2ccccc2)sc2c1CCCC2. The molecule has 6 nitrogen and oxygen atoms in total. The van der Waals surface area contributed by atoms with Gasteiger partial charge < -0.3 is 10.1 Å². The van der Waals surface area contributed by atoms with E-state index in [9.17, 15) is 14.4 Å². The Kier molecular flexibility index (Phi) is 7.11. The summed E-state index contributed by atoms with van der Waals surface area (Å²) in [6, 6.07) is 9.66. The smallest absolute Gasteiger partial charge is 0.414 e. The van der Waals surface area contributed by atoms with Crippen LogP contribution in [-0.4, -0.2) is 30.3 Å². The summed E-state index contributed by atoms with van der Waals surface area (Å²) in [5.74, 6) is -0.465. The van der Waals surface area contributed by atoms with Crippen LogP contribution in [0.5, 0.6) is 0 Å². The van der Waals surface area contributed by atoms with Crippen molar-refractivity contribution in [2.75, 3.05) is 17.7 Å². The molecule has 1 aliphatic rings. The third kappa shape index (κ3) is 5.14. The van der Waals surface area contributed by atoms with Crippen LogP contribution in [0, 0.1) is 0 Å². The van der Waals surface area contributed by atoms with Gasteiger partial charge in [0, 0.05) is 9.77 Å². The molecule has 0 saturated heterocycles. The van der Waals surface area contributed by atoms with Crippen LogP contribution in [0.1, 0.15) is 40.6 Å². The number of hydrogen-bond donors (Lipinski definition) is 2. The van der Waals surface area contributed by atoms with Crippen molar-refractivity contribution in [1.29, 1.82) is 0 Å². The second kappa shape index (κ2) is 9.75. The van der Waals surface area contributed by atoms with Crippen molar-refractivity contribution in [3.05, 3.63) is 46.3 Å². The molecular weight excluding hydrogens is 396 g/mol. The van der Waals surface area contributed by atoms with Gasteiger partial charge in [0.1, 0.15) is 5.00 Å². The summed E-state index contributed by atoms with van der Waals surface area (Å²) in [6.45, 7) is 1.85. The number of imide groups is 1. The van der Waals surface area contributed by atoms with Crippen molar-refractivity contribution in [1.82, 2.24) is 5.32 Å². The molecule has 1 aromatic carbocycles. The molecule has 0 atom stereocenters. The van der Waals surface area contributed by atoms with E-state index < -0.39 is 12.0 Å². The second-order valence-electron chi connectivity index (χ2n) is 6.24. The van der Waals surface area contributed by atoms with Gasteiger partial charge in [0.05, 0.1) is 17.9 Å². The summed E-state index contributed by atoms with van der Waals surface area (Å²) in [7, 11) is 0. The van der Waals surface area contributed by atoms with Crippen LogP contribution in [0.15, 0.2) is 35.2 Å². The van der Waals surface area contributed by atoms with Crippen molar-refractivity contribution in [3.8, 4) is 0 Å². The summed E-state index contributed by atoms with van der Waals surface area (Å²) >= 11 is 2.86. The Balaban J connectivity index is 1.74. The maximum atomic E-state index is 12.7. The largest absolute Gasteiger partial charge is 0.450 e. The van der Waals surface area contributed by atoms with Crippen LogP contribution in [0.2, 0.25) is 0 Å². The number of thiophene rings is 1. The predicted octanol–water partition coefficient (Wildman–Crippen LogP) is 4.24. The molecule has 148 valence electrons. The molecule has 3 rings (SSSR count). The molecule has 8 heteroatoms. The quantitative estimate of drug-likeness (QED) is 0.686. The number of benzene rings is 1. The summed E-state index contributed by atoms with van der Waals surface area (Å²) < 4.78 is 4.81. The van der Waals surface area contributed by atoms with Gasteiger partial charge in [-0.3, -0.25) is 14.9 Å². The number of amides is 3. The zero-order valence-corrected chi connectivity index (χ0v) is 17.2. The fourth-order valence-electron chi connectivity index (χ4n) is 3.04. The average molecular weight is 419 g/mol. The van der Waals surface area contributed by atoms with Crippen LogP contribution in [-0.2, 0) is 22.4 Å². The van der Waals surface area contributed by atoms with Gasteiger partial charge in [0.15, 0.2) is 0 Å². The number of fused-ring (bicyclic) bond motifs is 1. The number of thioether (sulfide) groups is 1. The fourth-order valence-corrected chi connectivity index (χ4v) is 5.07. The number of hydrogen-bond acceptors (Lipinski definition) is 6. The van der Waals surface area contributed by atoms with Gasteiger partial charge in [0.25, 0.3) is 5.91 Å². The lowest BCUT2D eigenvalue weighted by atomic mass is 9.95. The Morgan fingerprint density at radius 2 is 1.89 bits per heavy atom. The fraction of sp³-hybridized carbons (Fsp3) is 0.350. The molecule has 2 aromatic rings. The van der Waals surface area contributed by atoms with Crippen molar-refractivity contribution in [2.24, 2.45) is 0 Å². The third-order valence-corrected chi connectivity index (χ3v) is 6.47. The molecular formula is C20H22N2O4S2. The zero-order valence-electron chi connectivity index (χ0n) is 15.6. The van der Waals surface area contributed by atoms with Gasteiger partial charge in [-0.1, -0.05) is 18.2 Å². The van der Waals surface area contributed by atoms with Gasteiger partial charge in [-0.25, -0.2) is 4.79 Å². The normalized spacial score (nSPS) is 12.8. The molecule has 0 unspecified atom stereocenters. The lowest BCUT2D eigenvalue weighted by molar-refractivity contribution is -0.113. The molecule has 2 N–H and O–H groups in total. The Bertz CT molecular complexity index is 865. The molecule has 28 heavy (non-hydrogen) atoms. The number of nitrogens with one attached hydrogen (secondary N) is 2. The second-order valence-corrected chi connectivity index (χ2v) is 8.39. The molecule has 1 aliphatic carbocycles. The van der Waals surface area contributed by atoms with Gasteiger partial charge in [-0.2, -0.15) is 0 Å². The molecule has 0 saturated carbocycles. The molecule has 1 heterocycles. The number of alkyl carbamates (subject to hydrolysis) is 1. The van der Waals surface area contributed by atoms with Crippen molar-refractivity contribution in [2.45, 2.75) is 37.5 Å². The molecule has 1 aromatic heterocycles. The first-order chi connectivity index (χ1) is 13.6. The maximum Gasteiger partial charge on any atom is 0.414 e. The highest BCUT2D eigenvalue weighted by molar-refractivity contribution is 8.00. The zero-order chi connectivity index (χ0) is 19.9. The number of rotatable bonds is 6. The van der Waals surface area contributed by atoms with Crippen molar-refractivity contribution >= 4 is 46.0 Å². The van der Waals surface area contributed by atoms with Gasteiger partial charge in [0.2, 0.25) is 5.91 Å². The summed E-state index contributed by atoms with van der Waals surface area (Å²) in [5, 5.41) is 5.63. The van der Waals surface area contributed by atoms with Crippen LogP contribution >= 0.6 is 23.1 Å². The highest BCUT2D eigenvalue weighted by Gasteiger charge is 2.27. The van der Waals surface area contributed by atoms with E-state index in [0.717, 1.165) is 41.0 Å². The summed E-state index contributed by atoms with van der Waals surface area (Å²) in [5.41, 5.74) is 1.33. The monoisotopic (exact) mass is 418 g/mol. The molecule has 0 aliphatic heterocycles. The number of carbonyl (C=O) groups is 3. The van der Waals surface area contributed by atoms with Crippen LogP contribution < -0.4 is 10.6 Å². The maximum absolute atomic E-state index is 12.7. The van der Waals surface area contributed by atoms with E-state index in [0.29, 0.717) is 10.6 Å². The standard InChI is InChI=1S/C20H22N2O4S2/c1-2-26-20(25)22-18(24)17-14-10-6-7-11-15(14)28-19(17)21-16(23)12-27-13-8-4-3-5-9-13/h3-5,8-9H,2,6-7,10-12H2,1H3,(H,21,23)(H,22,24,25). The van der Waals surface area contributed by atoms with Crippen molar-refractivity contribution in [3.63, 3.8) is 0 Å². The first kappa shape index (κ1) is 20.4. The van der Waals surface area contributed by atoms with E-state index in [-0.39, 0.29) is 18.3 Å². The Labute approximate surface area is 172 Å². The van der Waals surface area contributed by atoms with Gasteiger partial charge in [-0.05, 0) is 50.3 Å². The molecule has 3 amide bonds. The number of anilines is 1. The topological polar surface area (TPSA) is 84.5 Å². The first-order valence-corrected chi connectivity index (χ1v) is 11.0. The molecule has 0 fully saturated rings. The lowest BCUT2D eigenvalue weighted by Gasteiger charge is -2.13. The van der Waals surface area contributed by atoms with Gasteiger partial charge in [-0.15, -0.1) is 23.1 Å². The highest BCUT2D eigenvalue weighted by Crippen LogP contribution is 2.38. The third-order valence-electron chi connectivity index (χ3n) is 4.26. The number of carbonyl (C=O) groups excluding carboxylic acids is 3. The number of aryl methyl sites for hydroxylation is 1. The number of ether oxygens (including phenoxy) is 1. The van der Waals surface area contributed by atoms with Gasteiger partial charge >= 0.3 is 6.09 Å². The Hall–Kier alpha value is -2.32. The molecule has 0 radical (unpaired) electrons. The van der Waals surface area contributed by atoms with Crippen LogP contribution in [0.4, 0.5) is 9.80 Å². The van der Waals surface area contributed by atoms with Crippen LogP contribution in [0.25, 0.3) is 0 Å². The minimum Gasteiger partial charge on any atom is -0.450 e. The average Bonchev–Trinajstić information content (AvgIpc) is 3.05. The van der Waals surface area contributed by atoms with Crippen molar-refractivity contribution < 1.29 is 19.1 Å². The molecule has 0 bridgehead atoms. The minimum atomic E-state index is -0.778. The molecule has 0 spiro atoms.